The summed E-state index contributed by atoms with van der Waals surface area (Å²) in [5.74, 6) is 0.859. The van der Waals surface area contributed by atoms with Crippen LogP contribution in [-0.2, 0) is 4.74 Å². The maximum absolute atomic E-state index is 12.3. The molecule has 3 heterocycles. The summed E-state index contributed by atoms with van der Waals surface area (Å²) >= 11 is 0. The van der Waals surface area contributed by atoms with Crippen LogP contribution in [0.2, 0.25) is 0 Å². The van der Waals surface area contributed by atoms with Crippen LogP contribution < -0.4 is 10.6 Å². The van der Waals surface area contributed by atoms with Gasteiger partial charge in [-0.2, -0.15) is 0 Å². The third-order valence-electron chi connectivity index (χ3n) is 7.42. The number of nitrogens with zero attached hydrogens (tertiary/aromatic N) is 4. The van der Waals surface area contributed by atoms with Crippen LogP contribution in [-0.4, -0.2) is 82.8 Å². The van der Waals surface area contributed by atoms with Gasteiger partial charge in [-0.05, 0) is 50.3 Å². The lowest BCUT2D eigenvalue weighted by Crippen LogP contribution is -2.46. The highest BCUT2D eigenvalue weighted by Crippen LogP contribution is 2.33. The van der Waals surface area contributed by atoms with Crippen molar-refractivity contribution < 1.29 is 9.53 Å². The number of urea groups is 1. The van der Waals surface area contributed by atoms with Crippen molar-refractivity contribution in [3.63, 3.8) is 0 Å². The van der Waals surface area contributed by atoms with Gasteiger partial charge in [-0.3, -0.25) is 9.80 Å². The number of fused-ring (bicyclic) bond motifs is 3. The summed E-state index contributed by atoms with van der Waals surface area (Å²) in [5.41, 5.74) is 3.35. The number of aromatic nitrogens is 3. The molecule has 1 aliphatic heterocycles. The Morgan fingerprint density at radius 1 is 1.23 bits per heavy atom. The minimum Gasteiger partial charge on any atom is -0.379 e. The van der Waals surface area contributed by atoms with Crippen molar-refractivity contribution in [2.45, 2.75) is 44.7 Å². The Hall–Kier alpha value is -3.17. The van der Waals surface area contributed by atoms with Crippen LogP contribution in [0.15, 0.2) is 31.1 Å². The first-order chi connectivity index (χ1) is 17.1. The van der Waals surface area contributed by atoms with Crippen molar-refractivity contribution in [3.8, 4) is 0 Å². The normalized spacial score (nSPS) is 21.2. The van der Waals surface area contributed by atoms with E-state index < -0.39 is 0 Å². The molecule has 186 valence electrons. The quantitative estimate of drug-likeness (QED) is 0.500. The van der Waals surface area contributed by atoms with E-state index in [4.69, 9.17) is 4.74 Å². The monoisotopic (exact) mass is 477 g/mol. The van der Waals surface area contributed by atoms with Crippen molar-refractivity contribution in [2.24, 2.45) is 0 Å². The predicted molar refractivity (Wildman–Crippen MR) is 139 cm³/mol. The Bertz CT molecular complexity index is 1210. The third kappa shape index (κ3) is 4.70. The van der Waals surface area contributed by atoms with Gasteiger partial charge >= 0.3 is 6.03 Å². The molecule has 3 aromatic rings. The molecule has 35 heavy (non-hydrogen) atoms. The molecule has 1 aromatic carbocycles. The topological polar surface area (TPSA) is 98.4 Å². The van der Waals surface area contributed by atoms with E-state index in [0.717, 1.165) is 72.5 Å². The maximum Gasteiger partial charge on any atom is 0.321 e. The zero-order chi connectivity index (χ0) is 24.4. The lowest BCUT2D eigenvalue weighted by molar-refractivity contribution is 0.00791. The van der Waals surface area contributed by atoms with Crippen LogP contribution in [0.1, 0.15) is 38.2 Å². The number of ether oxygens (including phenoxy) is 1. The SMILES string of the molecule is C=C(c1ccc2[nH]c3ncnc(NC4CCC(N5CCOCC5)CC4)c3c2c1)N(CC)C(=O)NC. The highest BCUT2D eigenvalue weighted by atomic mass is 16.5. The zero-order valence-corrected chi connectivity index (χ0v) is 20.6. The number of hydrogen-bond donors (Lipinski definition) is 3. The van der Waals surface area contributed by atoms with Crippen LogP contribution in [0, 0.1) is 0 Å². The molecule has 0 unspecified atom stereocenters. The lowest BCUT2D eigenvalue weighted by atomic mass is 9.90. The molecule has 2 amide bonds. The van der Waals surface area contributed by atoms with Crippen molar-refractivity contribution in [1.82, 2.24) is 30.1 Å². The predicted octanol–water partition coefficient (Wildman–Crippen LogP) is 3.80. The highest BCUT2D eigenvalue weighted by molar-refractivity contribution is 6.11. The van der Waals surface area contributed by atoms with Crippen molar-refractivity contribution >= 4 is 39.5 Å². The van der Waals surface area contributed by atoms with Gasteiger partial charge in [0, 0.05) is 55.4 Å². The molecule has 2 fully saturated rings. The molecular formula is C26H35N7O2. The number of anilines is 1. The van der Waals surface area contributed by atoms with Gasteiger partial charge in [-0.1, -0.05) is 12.6 Å². The Morgan fingerprint density at radius 2 is 2.00 bits per heavy atom. The lowest BCUT2D eigenvalue weighted by Gasteiger charge is -2.39. The largest absolute Gasteiger partial charge is 0.379 e. The molecule has 1 saturated heterocycles. The van der Waals surface area contributed by atoms with Crippen molar-refractivity contribution in [3.05, 3.63) is 36.7 Å². The molecule has 2 aromatic heterocycles. The van der Waals surface area contributed by atoms with Crippen LogP contribution in [0.25, 0.3) is 27.6 Å². The second-order valence-corrected chi connectivity index (χ2v) is 9.38. The number of morpholine rings is 1. The van der Waals surface area contributed by atoms with Crippen LogP contribution in [0.3, 0.4) is 0 Å². The smallest absolute Gasteiger partial charge is 0.321 e. The van der Waals surface area contributed by atoms with E-state index in [1.54, 1.807) is 18.3 Å². The van der Waals surface area contributed by atoms with Crippen LogP contribution >= 0.6 is 0 Å². The summed E-state index contributed by atoms with van der Waals surface area (Å²) in [6.07, 6.45) is 6.24. The Labute approximate surface area is 205 Å². The van der Waals surface area contributed by atoms with E-state index in [1.807, 2.05) is 19.1 Å². The number of amides is 2. The molecule has 0 spiro atoms. The van der Waals surface area contributed by atoms with Gasteiger partial charge in [0.15, 0.2) is 0 Å². The van der Waals surface area contributed by atoms with E-state index >= 15 is 0 Å². The van der Waals surface area contributed by atoms with Gasteiger partial charge in [0.25, 0.3) is 0 Å². The second kappa shape index (κ2) is 10.2. The average molecular weight is 478 g/mol. The van der Waals surface area contributed by atoms with Crippen LogP contribution in [0.4, 0.5) is 10.6 Å². The molecule has 1 saturated carbocycles. The van der Waals surface area contributed by atoms with Crippen molar-refractivity contribution in [1.29, 1.82) is 0 Å². The first kappa shape index (κ1) is 23.6. The summed E-state index contributed by atoms with van der Waals surface area (Å²) in [7, 11) is 1.63. The molecule has 3 N–H and O–H groups in total. The number of nitrogens with one attached hydrogen (secondary N) is 3. The number of benzene rings is 1. The molecule has 5 rings (SSSR count). The minimum absolute atomic E-state index is 0.171. The van der Waals surface area contributed by atoms with E-state index in [9.17, 15) is 4.79 Å². The summed E-state index contributed by atoms with van der Waals surface area (Å²) in [4.78, 5) is 29.1. The molecule has 9 heteroatoms. The number of rotatable bonds is 6. The van der Waals surface area contributed by atoms with Crippen molar-refractivity contribution in [2.75, 3.05) is 45.2 Å². The standard InChI is InChI=1S/C26H35N7O2/c1-4-33(26(34)27-3)17(2)18-5-10-22-21(15-18)23-24(28-16-29-25(23)31-22)30-19-6-8-20(9-7-19)32-11-13-35-14-12-32/h5,10,15-16,19-20H,2,4,6-9,11-14H2,1,3H3,(H,27,34)(H2,28,29,30,31). The number of carbonyl (C=O) groups is 1. The molecular weight excluding hydrogens is 442 g/mol. The van der Waals surface area contributed by atoms with Crippen LogP contribution in [0.5, 0.6) is 0 Å². The van der Waals surface area contributed by atoms with E-state index in [1.165, 1.54) is 12.8 Å². The number of H-pyrrole nitrogens is 1. The molecule has 0 atom stereocenters. The molecule has 0 radical (unpaired) electrons. The first-order valence-corrected chi connectivity index (χ1v) is 12.6. The Morgan fingerprint density at radius 3 is 2.71 bits per heavy atom. The van der Waals surface area contributed by atoms with Gasteiger partial charge in [0.1, 0.15) is 17.8 Å². The average Bonchev–Trinajstić information content (AvgIpc) is 3.28. The number of carbonyl (C=O) groups excluding carboxylic acids is 1. The minimum atomic E-state index is -0.171. The fraction of sp³-hybridized carbons (Fsp3) is 0.500. The first-order valence-electron chi connectivity index (χ1n) is 12.6. The summed E-state index contributed by atoms with van der Waals surface area (Å²) in [6, 6.07) is 6.95. The zero-order valence-electron chi connectivity index (χ0n) is 20.6. The van der Waals surface area contributed by atoms with E-state index in [0.29, 0.717) is 24.3 Å². The Balaban J connectivity index is 1.38. The van der Waals surface area contributed by atoms with Gasteiger partial charge in [-0.25, -0.2) is 14.8 Å². The molecule has 2 aliphatic rings. The fourth-order valence-corrected chi connectivity index (χ4v) is 5.48. The van der Waals surface area contributed by atoms with E-state index in [2.05, 4.69) is 43.1 Å². The maximum atomic E-state index is 12.3. The molecule has 9 nitrogen and oxygen atoms in total. The highest BCUT2D eigenvalue weighted by Gasteiger charge is 2.27. The van der Waals surface area contributed by atoms with Gasteiger partial charge < -0.3 is 20.4 Å². The molecule has 1 aliphatic carbocycles. The summed E-state index contributed by atoms with van der Waals surface area (Å²) in [5, 5.41) is 8.42. The van der Waals surface area contributed by atoms with Gasteiger partial charge in [0.05, 0.1) is 18.6 Å². The van der Waals surface area contributed by atoms with Gasteiger partial charge in [-0.15, -0.1) is 0 Å². The van der Waals surface area contributed by atoms with Gasteiger partial charge in [0.2, 0.25) is 0 Å². The number of hydrogen-bond acceptors (Lipinski definition) is 6. The summed E-state index contributed by atoms with van der Waals surface area (Å²) in [6.45, 7) is 10.5. The molecule has 0 bridgehead atoms. The third-order valence-corrected chi connectivity index (χ3v) is 7.42. The number of aromatic amines is 1. The second-order valence-electron chi connectivity index (χ2n) is 9.38. The Kier molecular flexibility index (Phi) is 6.88. The van der Waals surface area contributed by atoms with E-state index in [-0.39, 0.29) is 6.03 Å². The summed E-state index contributed by atoms with van der Waals surface area (Å²) < 4.78 is 5.52. The fourth-order valence-electron chi connectivity index (χ4n) is 5.48.